The third-order valence-electron chi connectivity index (χ3n) is 7.11. The lowest BCUT2D eigenvalue weighted by Gasteiger charge is -2.06. The molecule has 0 bridgehead atoms. The molecule has 0 N–H and O–H groups in total. The van der Waals surface area contributed by atoms with Crippen LogP contribution < -0.4 is 4.57 Å². The number of benzene rings is 4. The first-order chi connectivity index (χ1) is 17.6. The predicted octanol–water partition coefficient (Wildman–Crippen LogP) is 8.29. The van der Waals surface area contributed by atoms with Crippen LogP contribution >= 0.6 is 11.3 Å². The van der Waals surface area contributed by atoms with Crippen molar-refractivity contribution in [2.45, 2.75) is 6.92 Å². The van der Waals surface area contributed by atoms with E-state index in [4.69, 9.17) is 4.42 Å². The molecule has 0 saturated carbocycles. The summed E-state index contributed by atoms with van der Waals surface area (Å²) >= 11 is 1.79. The van der Waals surface area contributed by atoms with E-state index in [1.54, 1.807) is 11.3 Å². The molecule has 0 aliphatic rings. The van der Waals surface area contributed by atoms with E-state index in [0.29, 0.717) is 5.56 Å². The van der Waals surface area contributed by atoms with Gasteiger partial charge in [0.15, 0.2) is 6.20 Å². The monoisotopic (exact) mass is 481 g/mol. The first kappa shape index (κ1) is 20.9. The van der Waals surface area contributed by atoms with Gasteiger partial charge in [-0.3, -0.25) is 0 Å². The van der Waals surface area contributed by atoms with Crippen molar-refractivity contribution in [2.24, 2.45) is 7.05 Å². The number of nitrogens with zero attached hydrogens (tertiary/aromatic N) is 2. The minimum atomic E-state index is 0.615. The van der Waals surface area contributed by atoms with Gasteiger partial charge in [-0.05, 0) is 54.4 Å². The van der Waals surface area contributed by atoms with Gasteiger partial charge in [-0.1, -0.05) is 36.4 Å². The van der Waals surface area contributed by atoms with Crippen molar-refractivity contribution < 1.29 is 8.98 Å². The van der Waals surface area contributed by atoms with Crippen molar-refractivity contribution in [3.8, 4) is 28.5 Å². The summed E-state index contributed by atoms with van der Waals surface area (Å²) in [5.74, 6) is 0. The minimum Gasteiger partial charge on any atom is -0.454 e. The Morgan fingerprint density at radius 2 is 1.50 bits per heavy atom. The Morgan fingerprint density at radius 3 is 2.33 bits per heavy atom. The van der Waals surface area contributed by atoms with Gasteiger partial charge in [0.05, 0.1) is 17.2 Å². The second-order valence-electron chi connectivity index (χ2n) is 9.22. The SMILES string of the molecule is Cc1ccc2c(oc3c(-c4ccc5sc6ccccc6c5c4)c(C#N)ccc32)c1-c1cccc[n+]1C. The molecule has 7 rings (SSSR count). The van der Waals surface area contributed by atoms with Crippen molar-refractivity contribution in [2.75, 3.05) is 0 Å². The molecule has 0 amide bonds. The summed E-state index contributed by atoms with van der Waals surface area (Å²) in [4.78, 5) is 0. The van der Waals surface area contributed by atoms with Gasteiger partial charge < -0.3 is 4.42 Å². The standard InChI is InChI=1S/C32H21N2OS/c1-19-10-13-23-24-14-11-21(18-33)30(32(24)35-31(23)29(19)26-8-5-6-16-34(26)2)20-12-15-28-25(17-20)22-7-3-4-9-27(22)36-28/h3-17H,1-2H3/q+1. The normalized spacial score (nSPS) is 11.6. The molecule has 0 spiro atoms. The van der Waals surface area contributed by atoms with Gasteiger partial charge in [-0.2, -0.15) is 5.26 Å². The number of furan rings is 1. The van der Waals surface area contributed by atoms with Crippen molar-refractivity contribution >= 4 is 53.4 Å². The zero-order valence-corrected chi connectivity index (χ0v) is 20.7. The van der Waals surface area contributed by atoms with Crippen LogP contribution in [0.5, 0.6) is 0 Å². The predicted molar refractivity (Wildman–Crippen MR) is 148 cm³/mol. The maximum absolute atomic E-state index is 10.1. The van der Waals surface area contributed by atoms with Crippen molar-refractivity contribution in [1.82, 2.24) is 0 Å². The molecule has 0 aliphatic heterocycles. The Hall–Kier alpha value is -4.46. The highest BCUT2D eigenvalue weighted by molar-refractivity contribution is 7.25. The molecule has 7 aromatic rings. The van der Waals surface area contributed by atoms with Crippen LogP contribution in [0.4, 0.5) is 0 Å². The summed E-state index contributed by atoms with van der Waals surface area (Å²) in [6.45, 7) is 2.12. The average Bonchev–Trinajstić information content (AvgIpc) is 3.46. The molecule has 4 aromatic carbocycles. The van der Waals surface area contributed by atoms with Crippen molar-refractivity contribution in [3.05, 3.63) is 102 Å². The molecule has 36 heavy (non-hydrogen) atoms. The van der Waals surface area contributed by atoms with E-state index >= 15 is 0 Å². The minimum absolute atomic E-state index is 0.615. The van der Waals surface area contributed by atoms with E-state index in [1.165, 1.54) is 20.2 Å². The topological polar surface area (TPSA) is 40.8 Å². The van der Waals surface area contributed by atoms with Crippen molar-refractivity contribution in [3.63, 3.8) is 0 Å². The number of fused-ring (bicyclic) bond motifs is 6. The van der Waals surface area contributed by atoms with Crippen LogP contribution in [0, 0.1) is 18.3 Å². The number of rotatable bonds is 2. The molecule has 0 unspecified atom stereocenters. The maximum Gasteiger partial charge on any atom is 0.216 e. The van der Waals surface area contributed by atoms with E-state index in [1.807, 2.05) is 18.2 Å². The lowest BCUT2D eigenvalue weighted by molar-refractivity contribution is -0.660. The fourth-order valence-electron chi connectivity index (χ4n) is 5.36. The Kier molecular flexibility index (Phi) is 4.51. The highest BCUT2D eigenvalue weighted by Crippen LogP contribution is 2.43. The van der Waals surface area contributed by atoms with Crippen LogP contribution in [-0.2, 0) is 7.05 Å². The van der Waals surface area contributed by atoms with E-state index in [-0.39, 0.29) is 0 Å². The molecule has 0 aliphatic carbocycles. The summed E-state index contributed by atoms with van der Waals surface area (Å²) in [5, 5.41) is 14.6. The fraction of sp³-hybridized carbons (Fsp3) is 0.0625. The summed E-state index contributed by atoms with van der Waals surface area (Å²) < 4.78 is 11.3. The summed E-state index contributed by atoms with van der Waals surface area (Å²) in [6, 6.07) is 31.8. The molecule has 3 aromatic heterocycles. The average molecular weight is 482 g/mol. The second-order valence-corrected chi connectivity index (χ2v) is 10.3. The quantitative estimate of drug-likeness (QED) is 0.233. The Balaban J connectivity index is 1.58. The van der Waals surface area contributed by atoms with E-state index in [9.17, 15) is 5.26 Å². The van der Waals surface area contributed by atoms with Crippen LogP contribution in [0.3, 0.4) is 0 Å². The van der Waals surface area contributed by atoms with Crippen molar-refractivity contribution in [1.29, 1.82) is 5.26 Å². The van der Waals surface area contributed by atoms with Gasteiger partial charge in [0.1, 0.15) is 18.2 Å². The molecule has 170 valence electrons. The zero-order valence-electron chi connectivity index (χ0n) is 19.9. The van der Waals surface area contributed by atoms with Gasteiger partial charge >= 0.3 is 0 Å². The number of aryl methyl sites for hydroxylation is 2. The number of pyridine rings is 1. The van der Waals surface area contributed by atoms with Crippen LogP contribution in [0.2, 0.25) is 0 Å². The van der Waals surface area contributed by atoms with Gasteiger partial charge in [0.2, 0.25) is 5.69 Å². The molecule has 0 radical (unpaired) electrons. The number of thiophene rings is 1. The maximum atomic E-state index is 10.1. The number of hydrogen-bond donors (Lipinski definition) is 0. The first-order valence-electron chi connectivity index (χ1n) is 11.9. The Bertz CT molecular complexity index is 2040. The van der Waals surface area contributed by atoms with Crippen LogP contribution in [0.25, 0.3) is 64.5 Å². The van der Waals surface area contributed by atoms with Crippen LogP contribution in [-0.4, -0.2) is 0 Å². The summed E-state index contributed by atoms with van der Waals surface area (Å²) in [5.41, 5.74) is 7.39. The fourth-order valence-corrected chi connectivity index (χ4v) is 6.45. The highest BCUT2D eigenvalue weighted by atomic mass is 32.1. The van der Waals surface area contributed by atoms with E-state index in [2.05, 4.69) is 97.5 Å². The lowest BCUT2D eigenvalue weighted by atomic mass is 9.95. The van der Waals surface area contributed by atoms with Gasteiger partial charge in [-0.15, -0.1) is 11.3 Å². The molecule has 3 nitrogen and oxygen atoms in total. The van der Waals surface area contributed by atoms with Crippen LogP contribution in [0.15, 0.2) is 95.5 Å². The summed E-state index contributed by atoms with van der Waals surface area (Å²) in [6.07, 6.45) is 2.05. The number of hydrogen-bond acceptors (Lipinski definition) is 3. The smallest absolute Gasteiger partial charge is 0.216 e. The lowest BCUT2D eigenvalue weighted by Crippen LogP contribution is -2.30. The zero-order chi connectivity index (χ0) is 24.4. The molecule has 0 fully saturated rings. The third kappa shape index (κ3) is 2.94. The molecule has 4 heteroatoms. The third-order valence-corrected chi connectivity index (χ3v) is 8.27. The van der Waals surface area contributed by atoms with E-state index < -0.39 is 0 Å². The number of aromatic nitrogens is 1. The summed E-state index contributed by atoms with van der Waals surface area (Å²) in [7, 11) is 2.05. The largest absolute Gasteiger partial charge is 0.454 e. The molecular formula is C32H21N2OS+. The number of nitriles is 1. The Labute approximate surface area is 212 Å². The molecule has 3 heterocycles. The first-order valence-corrected chi connectivity index (χ1v) is 12.7. The molecular weight excluding hydrogens is 460 g/mol. The van der Waals surface area contributed by atoms with E-state index in [0.717, 1.165) is 49.9 Å². The Morgan fingerprint density at radius 1 is 0.750 bits per heavy atom. The highest BCUT2D eigenvalue weighted by Gasteiger charge is 2.23. The molecule has 0 atom stereocenters. The second kappa shape index (κ2) is 7.78. The van der Waals surface area contributed by atoms with Crippen LogP contribution in [0.1, 0.15) is 11.1 Å². The van der Waals surface area contributed by atoms with Gasteiger partial charge in [0.25, 0.3) is 0 Å². The van der Waals surface area contributed by atoms with Gasteiger partial charge in [-0.25, -0.2) is 4.57 Å². The van der Waals surface area contributed by atoms with Gasteiger partial charge in [0, 0.05) is 48.6 Å². The molecule has 0 saturated heterocycles.